The molecule has 2 rings (SSSR count). The van der Waals surface area contributed by atoms with Gasteiger partial charge in [0.15, 0.2) is 0 Å². The Morgan fingerprint density at radius 2 is 1.81 bits per heavy atom. The maximum atomic E-state index is 12.5. The summed E-state index contributed by atoms with van der Waals surface area (Å²) < 4.78 is 12.4. The molecule has 0 bridgehead atoms. The molecule has 0 spiro atoms. The summed E-state index contributed by atoms with van der Waals surface area (Å²) >= 11 is 0. The lowest BCUT2D eigenvalue weighted by molar-refractivity contribution is 0.0692. The minimum atomic E-state index is -0.0708. The molecule has 1 aromatic carbocycles. The van der Waals surface area contributed by atoms with Crippen LogP contribution < -0.4 is 5.32 Å². The fraction of sp³-hybridized carbons (Fsp3) is 0.476. The number of amides is 1. The summed E-state index contributed by atoms with van der Waals surface area (Å²) in [6.45, 7) is 10.4. The molecule has 0 saturated carbocycles. The minimum Gasteiger partial charge on any atom is -0.382 e. The van der Waals surface area contributed by atoms with Crippen LogP contribution >= 0.6 is 0 Å². The number of aromatic nitrogens is 1. The van der Waals surface area contributed by atoms with E-state index in [9.17, 15) is 4.79 Å². The molecule has 0 radical (unpaired) electrons. The Morgan fingerprint density at radius 3 is 2.42 bits per heavy atom. The predicted molar refractivity (Wildman–Crippen MR) is 104 cm³/mol. The monoisotopic (exact) mass is 358 g/mol. The summed E-state index contributed by atoms with van der Waals surface area (Å²) in [7, 11) is 1.64. The topological polar surface area (TPSA) is 52.5 Å². The van der Waals surface area contributed by atoms with Crippen molar-refractivity contribution in [3.05, 3.63) is 52.8 Å². The van der Waals surface area contributed by atoms with E-state index in [0.717, 1.165) is 17.1 Å². The first-order valence-corrected chi connectivity index (χ1v) is 9.09. The lowest BCUT2D eigenvalue weighted by atomic mass is 10.0. The lowest BCUT2D eigenvalue weighted by Gasteiger charge is -2.12. The molecule has 0 saturated heterocycles. The molecule has 5 heteroatoms. The average Bonchev–Trinajstić information content (AvgIpc) is 2.92. The van der Waals surface area contributed by atoms with E-state index in [2.05, 4.69) is 48.0 Å². The molecule has 1 amide bonds. The van der Waals surface area contributed by atoms with Gasteiger partial charge in [0, 0.05) is 30.7 Å². The van der Waals surface area contributed by atoms with Crippen LogP contribution in [0.1, 0.15) is 47.1 Å². The molecule has 1 heterocycles. The van der Waals surface area contributed by atoms with Gasteiger partial charge < -0.3 is 19.4 Å². The van der Waals surface area contributed by atoms with E-state index in [0.29, 0.717) is 37.8 Å². The molecular formula is C21H30N2O3. The Kier molecular flexibility index (Phi) is 7.42. The standard InChI is InChI=1S/C21H30N2O3/c1-15(2)18-6-8-19(9-7-18)23-16(3)14-20(17(23)4)21(24)22-10-11-26-13-12-25-5/h6-9,14-15H,10-13H2,1-5H3,(H,22,24). The van der Waals surface area contributed by atoms with E-state index >= 15 is 0 Å². The molecule has 5 nitrogen and oxygen atoms in total. The molecule has 1 aromatic heterocycles. The van der Waals surface area contributed by atoms with E-state index in [1.165, 1.54) is 5.56 Å². The Morgan fingerprint density at radius 1 is 1.12 bits per heavy atom. The zero-order valence-electron chi connectivity index (χ0n) is 16.5. The second kappa shape index (κ2) is 9.55. The van der Waals surface area contributed by atoms with Gasteiger partial charge in [0.05, 0.1) is 25.4 Å². The Hall–Kier alpha value is -2.11. The van der Waals surface area contributed by atoms with Crippen molar-refractivity contribution in [3.63, 3.8) is 0 Å². The number of methoxy groups -OCH3 is 1. The van der Waals surface area contributed by atoms with Crippen LogP contribution in [0.5, 0.6) is 0 Å². The van der Waals surface area contributed by atoms with Crippen LogP contribution in [-0.4, -0.2) is 43.9 Å². The van der Waals surface area contributed by atoms with Gasteiger partial charge in [-0.05, 0) is 43.5 Å². The summed E-state index contributed by atoms with van der Waals surface area (Å²) in [5.74, 6) is 0.432. The number of nitrogens with zero attached hydrogens (tertiary/aromatic N) is 1. The molecule has 0 atom stereocenters. The number of nitrogens with one attached hydrogen (secondary N) is 1. The number of carbonyl (C=O) groups is 1. The van der Waals surface area contributed by atoms with Crippen LogP contribution in [0.25, 0.3) is 5.69 Å². The highest BCUT2D eigenvalue weighted by Crippen LogP contribution is 2.23. The van der Waals surface area contributed by atoms with Crippen LogP contribution in [0, 0.1) is 13.8 Å². The number of hydrogen-bond acceptors (Lipinski definition) is 3. The first-order chi connectivity index (χ1) is 12.5. The van der Waals surface area contributed by atoms with Crippen molar-refractivity contribution < 1.29 is 14.3 Å². The second-order valence-electron chi connectivity index (χ2n) is 6.73. The Balaban J connectivity index is 2.05. The third kappa shape index (κ3) is 4.96. The minimum absolute atomic E-state index is 0.0708. The highest BCUT2D eigenvalue weighted by Gasteiger charge is 2.16. The zero-order valence-corrected chi connectivity index (χ0v) is 16.5. The molecule has 142 valence electrons. The van der Waals surface area contributed by atoms with Crippen LogP contribution in [0.15, 0.2) is 30.3 Å². The van der Waals surface area contributed by atoms with Gasteiger partial charge in [-0.2, -0.15) is 0 Å². The number of carbonyl (C=O) groups excluding carboxylic acids is 1. The van der Waals surface area contributed by atoms with Crippen LogP contribution in [-0.2, 0) is 9.47 Å². The number of aryl methyl sites for hydroxylation is 1. The first kappa shape index (κ1) is 20.2. The highest BCUT2D eigenvalue weighted by atomic mass is 16.5. The summed E-state index contributed by atoms with van der Waals surface area (Å²) in [5, 5.41) is 2.91. The Labute approximate surface area is 156 Å². The van der Waals surface area contributed by atoms with E-state index in [1.807, 2.05) is 19.9 Å². The van der Waals surface area contributed by atoms with Gasteiger partial charge in [-0.25, -0.2) is 0 Å². The van der Waals surface area contributed by atoms with Gasteiger partial charge in [0.2, 0.25) is 0 Å². The van der Waals surface area contributed by atoms with Gasteiger partial charge in [-0.3, -0.25) is 4.79 Å². The fourth-order valence-corrected chi connectivity index (χ4v) is 2.97. The second-order valence-corrected chi connectivity index (χ2v) is 6.73. The molecule has 1 N–H and O–H groups in total. The first-order valence-electron chi connectivity index (χ1n) is 9.09. The number of benzene rings is 1. The van der Waals surface area contributed by atoms with Gasteiger partial charge in [-0.1, -0.05) is 26.0 Å². The van der Waals surface area contributed by atoms with Crippen LogP contribution in [0.4, 0.5) is 0 Å². The highest BCUT2D eigenvalue weighted by molar-refractivity contribution is 5.95. The number of ether oxygens (including phenoxy) is 2. The van der Waals surface area contributed by atoms with Crippen LogP contribution in [0.3, 0.4) is 0 Å². The summed E-state index contributed by atoms with van der Waals surface area (Å²) in [6, 6.07) is 10.5. The molecular weight excluding hydrogens is 328 g/mol. The molecule has 0 unspecified atom stereocenters. The Bertz CT molecular complexity index is 718. The van der Waals surface area contributed by atoms with Crippen LogP contribution in [0.2, 0.25) is 0 Å². The maximum Gasteiger partial charge on any atom is 0.253 e. The lowest BCUT2D eigenvalue weighted by Crippen LogP contribution is -2.28. The third-order valence-electron chi connectivity index (χ3n) is 4.46. The average molecular weight is 358 g/mol. The van der Waals surface area contributed by atoms with Gasteiger partial charge >= 0.3 is 0 Å². The molecule has 0 aliphatic heterocycles. The summed E-state index contributed by atoms with van der Waals surface area (Å²) in [4.78, 5) is 12.5. The molecule has 2 aromatic rings. The van der Waals surface area contributed by atoms with E-state index in [-0.39, 0.29) is 5.91 Å². The van der Waals surface area contributed by atoms with E-state index < -0.39 is 0 Å². The molecule has 0 fully saturated rings. The van der Waals surface area contributed by atoms with Crippen molar-refractivity contribution >= 4 is 5.91 Å². The van der Waals surface area contributed by atoms with Gasteiger partial charge in [0.1, 0.15) is 0 Å². The number of hydrogen-bond donors (Lipinski definition) is 1. The van der Waals surface area contributed by atoms with Crippen molar-refractivity contribution in [3.8, 4) is 5.69 Å². The van der Waals surface area contributed by atoms with Crippen molar-refractivity contribution in [1.29, 1.82) is 0 Å². The van der Waals surface area contributed by atoms with Gasteiger partial charge in [-0.15, -0.1) is 0 Å². The summed E-state index contributed by atoms with van der Waals surface area (Å²) in [5.41, 5.74) is 5.07. The largest absolute Gasteiger partial charge is 0.382 e. The molecule has 0 aliphatic rings. The van der Waals surface area contributed by atoms with Crippen molar-refractivity contribution in [1.82, 2.24) is 9.88 Å². The van der Waals surface area contributed by atoms with E-state index in [4.69, 9.17) is 9.47 Å². The predicted octanol–water partition coefficient (Wildman–Crippen LogP) is 3.61. The van der Waals surface area contributed by atoms with Gasteiger partial charge in [0.25, 0.3) is 5.91 Å². The van der Waals surface area contributed by atoms with E-state index in [1.54, 1.807) is 7.11 Å². The maximum absolute atomic E-state index is 12.5. The SMILES string of the molecule is COCCOCCNC(=O)c1cc(C)n(-c2ccc(C(C)C)cc2)c1C. The normalized spacial score (nSPS) is 11.2. The van der Waals surface area contributed by atoms with Crippen molar-refractivity contribution in [2.24, 2.45) is 0 Å². The quantitative estimate of drug-likeness (QED) is 0.697. The van der Waals surface area contributed by atoms with Crippen molar-refractivity contribution in [2.45, 2.75) is 33.6 Å². The molecule has 0 aliphatic carbocycles. The molecule has 26 heavy (non-hydrogen) atoms. The zero-order chi connectivity index (χ0) is 19.1. The third-order valence-corrected chi connectivity index (χ3v) is 4.46. The summed E-state index contributed by atoms with van der Waals surface area (Å²) in [6.07, 6.45) is 0. The smallest absolute Gasteiger partial charge is 0.253 e. The van der Waals surface area contributed by atoms with Crippen molar-refractivity contribution in [2.75, 3.05) is 33.5 Å². The number of rotatable bonds is 9. The fourth-order valence-electron chi connectivity index (χ4n) is 2.97.